The molecule has 98 valence electrons. The highest BCUT2D eigenvalue weighted by molar-refractivity contribution is 5.86. The van der Waals surface area contributed by atoms with Gasteiger partial charge in [-0.15, -0.1) is 0 Å². The summed E-state index contributed by atoms with van der Waals surface area (Å²) in [5, 5.41) is 0. The lowest BCUT2D eigenvalue weighted by Crippen LogP contribution is -2.44. The van der Waals surface area contributed by atoms with Gasteiger partial charge >= 0.3 is 11.9 Å². The number of hydrogen-bond donors (Lipinski definition) is 0. The molecular formula is C10H18N2O5. The largest absolute Gasteiger partial charge is 0.468 e. The van der Waals surface area contributed by atoms with Crippen LogP contribution in [-0.2, 0) is 23.9 Å². The second-order valence-corrected chi connectivity index (χ2v) is 3.64. The number of hydrogen-bond acceptors (Lipinski definition) is 6. The van der Waals surface area contributed by atoms with Gasteiger partial charge in [-0.25, -0.2) is 0 Å². The molecule has 0 saturated carbocycles. The Hall–Kier alpha value is -1.63. The smallest absolute Gasteiger partial charge is 0.325 e. The number of carbonyl (C=O) groups is 3. The molecule has 0 heterocycles. The molecule has 0 fully saturated rings. The van der Waals surface area contributed by atoms with E-state index < -0.39 is 11.9 Å². The topological polar surface area (TPSA) is 76.1 Å². The highest BCUT2D eigenvalue weighted by Gasteiger charge is 2.21. The number of rotatable bonds is 6. The van der Waals surface area contributed by atoms with Crippen molar-refractivity contribution in [3.63, 3.8) is 0 Å². The zero-order chi connectivity index (χ0) is 13.4. The quantitative estimate of drug-likeness (QED) is 0.543. The summed E-state index contributed by atoms with van der Waals surface area (Å²) in [4.78, 5) is 36.7. The molecule has 0 aromatic carbocycles. The molecule has 0 aromatic heterocycles. The second-order valence-electron chi connectivity index (χ2n) is 3.64. The predicted octanol–water partition coefficient (Wildman–Crippen LogP) is -1.28. The molecule has 0 aliphatic heterocycles. The molecule has 0 bridgehead atoms. The maximum Gasteiger partial charge on any atom is 0.325 e. The van der Waals surface area contributed by atoms with E-state index >= 15 is 0 Å². The standard InChI is InChI=1S/C10H18N2O5/c1-11(2)5-8(13)12(6-9(14)16-3)7-10(15)17-4/h5-7H2,1-4H3. The van der Waals surface area contributed by atoms with E-state index in [0.717, 1.165) is 4.90 Å². The normalized spacial score (nSPS) is 9.94. The third kappa shape index (κ3) is 6.52. The predicted molar refractivity (Wildman–Crippen MR) is 59.2 cm³/mol. The summed E-state index contributed by atoms with van der Waals surface area (Å²) in [5.74, 6) is -1.51. The van der Waals surface area contributed by atoms with Gasteiger partial charge in [-0.05, 0) is 14.1 Å². The molecule has 7 heteroatoms. The molecule has 0 aliphatic carbocycles. The second kappa shape index (κ2) is 7.61. The number of amides is 1. The van der Waals surface area contributed by atoms with Crippen LogP contribution >= 0.6 is 0 Å². The minimum atomic E-state index is -0.582. The van der Waals surface area contributed by atoms with Crippen LogP contribution in [0.15, 0.2) is 0 Å². The number of methoxy groups -OCH3 is 2. The van der Waals surface area contributed by atoms with Crippen LogP contribution in [0.25, 0.3) is 0 Å². The summed E-state index contributed by atoms with van der Waals surface area (Å²) in [5.41, 5.74) is 0. The van der Waals surface area contributed by atoms with E-state index in [0.29, 0.717) is 0 Å². The van der Waals surface area contributed by atoms with Crippen LogP contribution in [0.2, 0.25) is 0 Å². The van der Waals surface area contributed by atoms with Gasteiger partial charge in [0.15, 0.2) is 0 Å². The van der Waals surface area contributed by atoms with E-state index in [4.69, 9.17) is 0 Å². The first-order valence-corrected chi connectivity index (χ1v) is 4.96. The Balaban J connectivity index is 4.54. The number of likely N-dealkylation sites (N-methyl/N-ethyl adjacent to an activating group) is 1. The Bertz CT molecular complexity index is 272. The van der Waals surface area contributed by atoms with E-state index in [-0.39, 0.29) is 25.5 Å². The summed E-state index contributed by atoms with van der Waals surface area (Å²) in [7, 11) is 5.86. The number of esters is 2. The van der Waals surface area contributed by atoms with E-state index in [2.05, 4.69) is 9.47 Å². The molecule has 7 nitrogen and oxygen atoms in total. The van der Waals surface area contributed by atoms with E-state index in [1.54, 1.807) is 19.0 Å². The summed E-state index contributed by atoms with van der Waals surface area (Å²) in [6.45, 7) is -0.426. The van der Waals surface area contributed by atoms with Crippen molar-refractivity contribution in [3.05, 3.63) is 0 Å². The van der Waals surface area contributed by atoms with Crippen molar-refractivity contribution in [3.8, 4) is 0 Å². The minimum absolute atomic E-state index is 0.105. The molecule has 1 amide bonds. The van der Waals surface area contributed by atoms with E-state index in [9.17, 15) is 14.4 Å². The molecular weight excluding hydrogens is 228 g/mol. The summed E-state index contributed by atoms with van der Waals surface area (Å²) in [6, 6.07) is 0. The lowest BCUT2D eigenvalue weighted by atomic mass is 10.4. The lowest BCUT2D eigenvalue weighted by molar-refractivity contribution is -0.152. The van der Waals surface area contributed by atoms with Gasteiger partial charge in [-0.3, -0.25) is 14.4 Å². The Morgan fingerprint density at radius 1 is 0.882 bits per heavy atom. The fourth-order valence-corrected chi connectivity index (χ4v) is 1.04. The van der Waals surface area contributed by atoms with Gasteiger partial charge in [0.05, 0.1) is 20.8 Å². The van der Waals surface area contributed by atoms with Crippen LogP contribution in [0.1, 0.15) is 0 Å². The molecule has 0 atom stereocenters. The zero-order valence-corrected chi connectivity index (χ0v) is 10.6. The highest BCUT2D eigenvalue weighted by Crippen LogP contribution is 1.94. The number of carbonyl (C=O) groups excluding carboxylic acids is 3. The molecule has 0 spiro atoms. The molecule has 0 aromatic rings. The first kappa shape index (κ1) is 15.4. The highest BCUT2D eigenvalue weighted by atomic mass is 16.5. The fourth-order valence-electron chi connectivity index (χ4n) is 1.04. The summed E-state index contributed by atoms with van der Waals surface area (Å²) < 4.78 is 8.91. The third-order valence-corrected chi connectivity index (χ3v) is 1.90. The van der Waals surface area contributed by atoms with Crippen molar-refractivity contribution in [2.75, 3.05) is 47.9 Å². The summed E-state index contributed by atoms with van der Waals surface area (Å²) >= 11 is 0. The van der Waals surface area contributed by atoms with Gasteiger partial charge in [0.2, 0.25) is 5.91 Å². The molecule has 0 N–H and O–H groups in total. The lowest BCUT2D eigenvalue weighted by Gasteiger charge is -2.21. The van der Waals surface area contributed by atoms with Crippen LogP contribution in [0.5, 0.6) is 0 Å². The van der Waals surface area contributed by atoms with Crippen LogP contribution in [0.3, 0.4) is 0 Å². The first-order valence-electron chi connectivity index (χ1n) is 4.96. The Kier molecular flexibility index (Phi) is 6.88. The van der Waals surface area contributed by atoms with Gasteiger partial charge in [-0.1, -0.05) is 0 Å². The van der Waals surface area contributed by atoms with Crippen LogP contribution in [-0.4, -0.2) is 75.6 Å². The van der Waals surface area contributed by atoms with Crippen molar-refractivity contribution in [2.24, 2.45) is 0 Å². The molecule has 0 radical (unpaired) electrons. The van der Waals surface area contributed by atoms with E-state index in [1.807, 2.05) is 0 Å². The van der Waals surface area contributed by atoms with E-state index in [1.165, 1.54) is 14.2 Å². The van der Waals surface area contributed by atoms with Gasteiger partial charge in [-0.2, -0.15) is 0 Å². The molecule has 0 unspecified atom stereocenters. The molecule has 0 saturated heterocycles. The number of ether oxygens (including phenoxy) is 2. The van der Waals surface area contributed by atoms with Crippen LogP contribution in [0.4, 0.5) is 0 Å². The molecule has 0 rings (SSSR count). The number of nitrogens with zero attached hydrogens (tertiary/aromatic N) is 2. The monoisotopic (exact) mass is 246 g/mol. The third-order valence-electron chi connectivity index (χ3n) is 1.90. The first-order chi connectivity index (χ1) is 7.90. The van der Waals surface area contributed by atoms with Crippen molar-refractivity contribution in [1.29, 1.82) is 0 Å². The maximum atomic E-state index is 11.7. The maximum absolute atomic E-state index is 11.7. The van der Waals surface area contributed by atoms with Gasteiger partial charge in [0, 0.05) is 0 Å². The van der Waals surface area contributed by atoms with Crippen molar-refractivity contribution in [2.45, 2.75) is 0 Å². The van der Waals surface area contributed by atoms with Crippen molar-refractivity contribution in [1.82, 2.24) is 9.80 Å². The molecule has 0 aliphatic rings. The molecule has 17 heavy (non-hydrogen) atoms. The Morgan fingerprint density at radius 3 is 1.59 bits per heavy atom. The SMILES string of the molecule is COC(=O)CN(CC(=O)OC)C(=O)CN(C)C. The van der Waals surface area contributed by atoms with Crippen LogP contribution < -0.4 is 0 Å². The van der Waals surface area contributed by atoms with Gasteiger partial charge in [0.25, 0.3) is 0 Å². The Morgan fingerprint density at radius 2 is 1.29 bits per heavy atom. The van der Waals surface area contributed by atoms with Crippen LogP contribution in [0, 0.1) is 0 Å². The van der Waals surface area contributed by atoms with Crippen molar-refractivity contribution >= 4 is 17.8 Å². The van der Waals surface area contributed by atoms with Crippen molar-refractivity contribution < 1.29 is 23.9 Å². The Labute approximate surface area is 100 Å². The zero-order valence-electron chi connectivity index (χ0n) is 10.6. The summed E-state index contributed by atoms with van der Waals surface area (Å²) in [6.07, 6.45) is 0. The average molecular weight is 246 g/mol. The average Bonchev–Trinajstić information content (AvgIpc) is 2.26. The fraction of sp³-hybridized carbons (Fsp3) is 0.700. The van der Waals surface area contributed by atoms with Gasteiger partial charge in [0.1, 0.15) is 13.1 Å². The minimum Gasteiger partial charge on any atom is -0.468 e. The van der Waals surface area contributed by atoms with Gasteiger partial charge < -0.3 is 19.3 Å².